The fourth-order valence-corrected chi connectivity index (χ4v) is 3.43. The van der Waals surface area contributed by atoms with Gasteiger partial charge in [0.15, 0.2) is 11.5 Å². The smallest absolute Gasteiger partial charge is 0.248 e. The molecule has 2 heterocycles. The van der Waals surface area contributed by atoms with Crippen LogP contribution < -0.4 is 14.2 Å². The third-order valence-electron chi connectivity index (χ3n) is 4.74. The van der Waals surface area contributed by atoms with E-state index in [9.17, 15) is 4.39 Å². The van der Waals surface area contributed by atoms with E-state index >= 15 is 0 Å². The van der Waals surface area contributed by atoms with E-state index in [1.54, 1.807) is 38.1 Å². The van der Waals surface area contributed by atoms with Gasteiger partial charge >= 0.3 is 0 Å². The summed E-state index contributed by atoms with van der Waals surface area (Å²) in [6.45, 7) is 0. The van der Waals surface area contributed by atoms with Crippen LogP contribution in [0.1, 0.15) is 23.6 Å². The molecule has 0 amide bonds. The van der Waals surface area contributed by atoms with E-state index in [1.807, 2.05) is 12.1 Å². The summed E-state index contributed by atoms with van der Waals surface area (Å²) in [5, 5.41) is 4.34. The topological polar surface area (TPSA) is 70.8 Å². The van der Waals surface area contributed by atoms with Crippen molar-refractivity contribution >= 4 is 11.7 Å². The zero-order valence-electron chi connectivity index (χ0n) is 15.7. The van der Waals surface area contributed by atoms with E-state index < -0.39 is 0 Å². The predicted octanol–water partition coefficient (Wildman–Crippen LogP) is 3.56. The number of halogens is 1. The molecule has 1 aliphatic heterocycles. The maximum Gasteiger partial charge on any atom is 0.248 e. The minimum Gasteiger partial charge on any atom is -0.493 e. The first-order valence-corrected chi connectivity index (χ1v) is 8.68. The van der Waals surface area contributed by atoms with Gasteiger partial charge in [0.2, 0.25) is 11.7 Å². The van der Waals surface area contributed by atoms with E-state index in [0.717, 1.165) is 16.8 Å². The normalized spacial score (nSPS) is 15.6. The second-order valence-electron chi connectivity index (χ2n) is 6.21. The van der Waals surface area contributed by atoms with Gasteiger partial charge in [0.25, 0.3) is 0 Å². The van der Waals surface area contributed by atoms with Crippen molar-refractivity contribution in [1.29, 1.82) is 0 Å². The Morgan fingerprint density at radius 1 is 0.964 bits per heavy atom. The van der Waals surface area contributed by atoms with Crippen molar-refractivity contribution in [2.75, 3.05) is 21.3 Å². The number of hydrogen-bond acceptors (Lipinski definition) is 6. The van der Waals surface area contributed by atoms with Crippen LogP contribution in [0, 0.1) is 5.82 Å². The van der Waals surface area contributed by atoms with Crippen molar-refractivity contribution in [3.8, 4) is 17.2 Å². The van der Waals surface area contributed by atoms with Crippen molar-refractivity contribution in [1.82, 2.24) is 14.8 Å². The number of fused-ring (bicyclic) bond motifs is 1. The summed E-state index contributed by atoms with van der Waals surface area (Å²) in [7, 11) is 4.73. The average molecular weight is 382 g/mol. The number of methoxy groups -OCH3 is 3. The molecule has 7 nitrogen and oxygen atoms in total. The van der Waals surface area contributed by atoms with Gasteiger partial charge in [0, 0.05) is 12.0 Å². The molecule has 0 spiro atoms. The number of hydrogen-bond donors (Lipinski definition) is 0. The van der Waals surface area contributed by atoms with Gasteiger partial charge in [-0.25, -0.2) is 14.1 Å². The van der Waals surface area contributed by atoms with E-state index in [0.29, 0.717) is 29.6 Å². The lowest BCUT2D eigenvalue weighted by Gasteiger charge is -2.26. The second-order valence-corrected chi connectivity index (χ2v) is 6.21. The standard InChI is InChI=1S/C20H19FN4O3/c1-26-17-9-8-14(18(27-2)19(17)28-3)16-10-15(12-4-6-13(21)7-5-12)24-20-22-11-23-25(16)20/h4-9,11,16H,10H2,1-3H3. The van der Waals surface area contributed by atoms with Crippen molar-refractivity contribution in [3.63, 3.8) is 0 Å². The number of rotatable bonds is 5. The summed E-state index contributed by atoms with van der Waals surface area (Å²) in [6.07, 6.45) is 2.00. The molecule has 1 unspecified atom stereocenters. The Kier molecular flexibility index (Phi) is 4.68. The number of aliphatic imine (C=N–C) groups is 1. The zero-order valence-corrected chi connectivity index (χ0v) is 15.7. The first-order valence-electron chi connectivity index (χ1n) is 8.68. The van der Waals surface area contributed by atoms with E-state index in [2.05, 4.69) is 15.1 Å². The molecule has 3 aromatic rings. The molecule has 2 aromatic carbocycles. The lowest BCUT2D eigenvalue weighted by Crippen LogP contribution is -2.22. The number of benzene rings is 2. The Hall–Kier alpha value is -3.42. The van der Waals surface area contributed by atoms with Crippen LogP contribution in [-0.2, 0) is 0 Å². The van der Waals surface area contributed by atoms with Gasteiger partial charge in [-0.15, -0.1) is 0 Å². The minimum atomic E-state index is -0.290. The molecular formula is C20H19FN4O3. The zero-order chi connectivity index (χ0) is 19.7. The fourth-order valence-electron chi connectivity index (χ4n) is 3.43. The molecule has 0 N–H and O–H groups in total. The SMILES string of the molecule is COc1ccc(C2CC(c3ccc(F)cc3)=Nc3ncnn32)c(OC)c1OC. The Morgan fingerprint density at radius 3 is 2.39 bits per heavy atom. The average Bonchev–Trinajstić information content (AvgIpc) is 3.21. The van der Waals surface area contributed by atoms with Crippen molar-refractivity contribution in [2.24, 2.45) is 4.99 Å². The second kappa shape index (κ2) is 7.30. The Labute approximate surface area is 161 Å². The summed E-state index contributed by atoms with van der Waals surface area (Å²) in [4.78, 5) is 8.85. The van der Waals surface area contributed by atoms with Gasteiger partial charge < -0.3 is 14.2 Å². The fraction of sp³-hybridized carbons (Fsp3) is 0.250. The molecule has 0 bridgehead atoms. The van der Waals surface area contributed by atoms with Crippen LogP contribution in [0.25, 0.3) is 0 Å². The molecule has 0 radical (unpaired) electrons. The lowest BCUT2D eigenvalue weighted by molar-refractivity contribution is 0.319. The molecule has 144 valence electrons. The summed E-state index contributed by atoms with van der Waals surface area (Å²) >= 11 is 0. The van der Waals surface area contributed by atoms with Gasteiger partial charge in [0.1, 0.15) is 12.1 Å². The van der Waals surface area contributed by atoms with Crippen LogP contribution in [0.4, 0.5) is 10.3 Å². The van der Waals surface area contributed by atoms with Crippen LogP contribution in [0.5, 0.6) is 17.2 Å². The van der Waals surface area contributed by atoms with E-state index in [-0.39, 0.29) is 11.9 Å². The van der Waals surface area contributed by atoms with Gasteiger partial charge in [-0.1, -0.05) is 12.1 Å². The number of nitrogens with zero attached hydrogens (tertiary/aromatic N) is 4. The molecule has 0 aliphatic carbocycles. The third-order valence-corrected chi connectivity index (χ3v) is 4.74. The largest absolute Gasteiger partial charge is 0.493 e. The summed E-state index contributed by atoms with van der Waals surface area (Å²) in [5.74, 6) is 1.84. The summed E-state index contributed by atoms with van der Waals surface area (Å²) < 4.78 is 31.6. The highest BCUT2D eigenvalue weighted by Crippen LogP contribution is 2.45. The highest BCUT2D eigenvalue weighted by molar-refractivity contribution is 6.02. The monoisotopic (exact) mass is 382 g/mol. The van der Waals surface area contributed by atoms with Gasteiger partial charge in [-0.2, -0.15) is 10.1 Å². The molecule has 0 fully saturated rings. The van der Waals surface area contributed by atoms with Crippen LogP contribution in [0.3, 0.4) is 0 Å². The molecule has 1 atom stereocenters. The lowest BCUT2D eigenvalue weighted by atomic mass is 9.95. The first-order chi connectivity index (χ1) is 13.7. The highest BCUT2D eigenvalue weighted by atomic mass is 19.1. The van der Waals surface area contributed by atoms with Crippen molar-refractivity contribution in [3.05, 3.63) is 59.7 Å². The molecule has 0 saturated heterocycles. The molecule has 1 aliphatic rings. The third kappa shape index (κ3) is 2.96. The van der Waals surface area contributed by atoms with Crippen molar-refractivity contribution < 1.29 is 18.6 Å². The Balaban J connectivity index is 1.83. The first kappa shape index (κ1) is 18.0. The van der Waals surface area contributed by atoms with Crippen LogP contribution >= 0.6 is 0 Å². The number of aromatic nitrogens is 3. The maximum atomic E-state index is 13.3. The Morgan fingerprint density at radius 2 is 1.71 bits per heavy atom. The predicted molar refractivity (Wildman–Crippen MR) is 101 cm³/mol. The Bertz CT molecular complexity index is 1030. The summed E-state index contributed by atoms with van der Waals surface area (Å²) in [6, 6.07) is 9.80. The van der Waals surface area contributed by atoms with E-state index in [4.69, 9.17) is 14.2 Å². The molecule has 0 saturated carbocycles. The maximum absolute atomic E-state index is 13.3. The quantitative estimate of drug-likeness (QED) is 0.675. The minimum absolute atomic E-state index is 0.218. The van der Waals surface area contributed by atoms with Gasteiger partial charge in [0.05, 0.1) is 33.1 Å². The van der Waals surface area contributed by atoms with Crippen molar-refractivity contribution in [2.45, 2.75) is 12.5 Å². The molecule has 8 heteroatoms. The van der Waals surface area contributed by atoms with Crippen LogP contribution in [-0.4, -0.2) is 41.8 Å². The van der Waals surface area contributed by atoms with Gasteiger partial charge in [-0.3, -0.25) is 0 Å². The number of ether oxygens (including phenoxy) is 3. The summed E-state index contributed by atoms with van der Waals surface area (Å²) in [5.41, 5.74) is 2.49. The van der Waals surface area contributed by atoms with E-state index in [1.165, 1.54) is 18.5 Å². The van der Waals surface area contributed by atoms with Crippen LogP contribution in [0.15, 0.2) is 47.7 Å². The van der Waals surface area contributed by atoms with Gasteiger partial charge in [-0.05, 0) is 29.8 Å². The highest BCUT2D eigenvalue weighted by Gasteiger charge is 2.30. The molecule has 1 aromatic heterocycles. The van der Waals surface area contributed by atoms with Crippen LogP contribution in [0.2, 0.25) is 0 Å². The molecular weight excluding hydrogens is 363 g/mol. The molecule has 28 heavy (non-hydrogen) atoms. The molecule has 4 rings (SSSR count).